The topological polar surface area (TPSA) is 194 Å². The summed E-state index contributed by atoms with van der Waals surface area (Å²) in [6, 6.07) is -1.29. The van der Waals surface area contributed by atoms with Gasteiger partial charge in [0.25, 0.3) is 5.79 Å². The van der Waals surface area contributed by atoms with E-state index in [1.807, 2.05) is 0 Å². The highest BCUT2D eigenvalue weighted by Crippen LogP contribution is 2.18. The van der Waals surface area contributed by atoms with Crippen LogP contribution in [-0.4, -0.2) is 69.3 Å². The van der Waals surface area contributed by atoms with Crippen molar-refractivity contribution in [3.8, 4) is 0 Å². The molecule has 0 rings (SSSR count). The Balaban J connectivity index is 0. The van der Waals surface area contributed by atoms with Crippen LogP contribution >= 0.6 is 0 Å². The fourth-order valence-electron chi connectivity index (χ4n) is 1.28. The van der Waals surface area contributed by atoms with Gasteiger partial charge in [-0.3, -0.25) is 14.4 Å². The van der Waals surface area contributed by atoms with E-state index in [2.05, 4.69) is 0 Å². The summed E-state index contributed by atoms with van der Waals surface area (Å²) in [6.45, 7) is 3.27. The van der Waals surface area contributed by atoms with Gasteiger partial charge >= 0.3 is 23.9 Å². The molecule has 0 radical (unpaired) electrons. The maximum atomic E-state index is 10.8. The molecule has 1 atom stereocenters. The van der Waals surface area contributed by atoms with E-state index in [1.165, 1.54) is 0 Å². The van der Waals surface area contributed by atoms with Crippen LogP contribution in [0.1, 0.15) is 26.7 Å². The molecule has 11 nitrogen and oxygen atoms in total. The molecule has 0 heterocycles. The third-order valence-corrected chi connectivity index (χ3v) is 2.18. The zero-order chi connectivity index (χ0) is 18.6. The predicted octanol–water partition coefficient (Wildman–Crippen LogP) is -0.812. The van der Waals surface area contributed by atoms with Crippen molar-refractivity contribution in [2.45, 2.75) is 38.5 Å². The number of hydrogen-bond donors (Lipinski definition) is 5. The molecule has 0 aliphatic carbocycles. The lowest BCUT2D eigenvalue weighted by Gasteiger charge is -2.26. The van der Waals surface area contributed by atoms with Crippen LogP contribution in [0, 0.1) is 0 Å². The Bertz CT molecular complexity index is 416. The molecule has 0 spiro atoms. The predicted molar refractivity (Wildman–Crippen MR) is 73.7 cm³/mol. The standard InChI is InChI=1S/C8H14O6.C4H7NO4/c1-3-13-8(7(11)12,14-4-2)5-6(9)10;5-2(4(8)9)1-3(6)7/h3-5H2,1-2H3,(H,9,10)(H,11,12);2H,1,5H2,(H,6,7)(H,8,9). The van der Waals surface area contributed by atoms with Gasteiger partial charge < -0.3 is 35.6 Å². The molecule has 23 heavy (non-hydrogen) atoms. The smallest absolute Gasteiger partial charge is 0.365 e. The Morgan fingerprint density at radius 3 is 1.57 bits per heavy atom. The molecule has 0 aromatic rings. The molecule has 0 fully saturated rings. The van der Waals surface area contributed by atoms with Crippen molar-refractivity contribution in [3.63, 3.8) is 0 Å². The van der Waals surface area contributed by atoms with Crippen molar-refractivity contribution in [1.29, 1.82) is 0 Å². The van der Waals surface area contributed by atoms with Gasteiger partial charge in [0.1, 0.15) is 12.5 Å². The van der Waals surface area contributed by atoms with Gasteiger partial charge in [-0.15, -0.1) is 0 Å². The van der Waals surface area contributed by atoms with Gasteiger partial charge in [-0.25, -0.2) is 4.79 Å². The van der Waals surface area contributed by atoms with Crippen LogP contribution in [0.2, 0.25) is 0 Å². The summed E-state index contributed by atoms with van der Waals surface area (Å²) < 4.78 is 9.68. The van der Waals surface area contributed by atoms with Gasteiger partial charge in [-0.1, -0.05) is 0 Å². The SMILES string of the molecule is CCOC(CC(=O)O)(OCC)C(=O)O.NC(CC(=O)O)C(=O)O. The van der Waals surface area contributed by atoms with Crippen LogP contribution in [0.3, 0.4) is 0 Å². The molecular formula is C12H21NO10. The maximum absolute atomic E-state index is 10.8. The second-order valence-corrected chi connectivity index (χ2v) is 4.04. The van der Waals surface area contributed by atoms with Crippen molar-refractivity contribution in [1.82, 2.24) is 0 Å². The lowest BCUT2D eigenvalue weighted by Crippen LogP contribution is -2.46. The summed E-state index contributed by atoms with van der Waals surface area (Å²) >= 11 is 0. The highest BCUT2D eigenvalue weighted by molar-refractivity contribution is 5.82. The molecule has 0 amide bonds. The Hall–Kier alpha value is -2.24. The normalized spacial score (nSPS) is 11.8. The molecule has 6 N–H and O–H groups in total. The molecule has 0 aliphatic heterocycles. The molecule has 134 valence electrons. The summed E-state index contributed by atoms with van der Waals surface area (Å²) in [5.74, 6) is -7.27. The first kappa shape index (κ1) is 23.0. The van der Waals surface area contributed by atoms with E-state index in [4.69, 9.17) is 35.6 Å². The summed E-state index contributed by atoms with van der Waals surface area (Å²) in [4.78, 5) is 40.9. The lowest BCUT2D eigenvalue weighted by molar-refractivity contribution is -0.245. The number of carboxylic acids is 4. The Labute approximate surface area is 131 Å². The fourth-order valence-corrected chi connectivity index (χ4v) is 1.28. The third-order valence-electron chi connectivity index (χ3n) is 2.18. The lowest BCUT2D eigenvalue weighted by atomic mass is 10.2. The van der Waals surface area contributed by atoms with Crippen LogP contribution in [0.15, 0.2) is 0 Å². The van der Waals surface area contributed by atoms with E-state index < -0.39 is 48.5 Å². The molecule has 11 heteroatoms. The van der Waals surface area contributed by atoms with Crippen molar-refractivity contribution >= 4 is 23.9 Å². The Morgan fingerprint density at radius 2 is 1.39 bits per heavy atom. The van der Waals surface area contributed by atoms with E-state index in [0.717, 1.165) is 0 Å². The van der Waals surface area contributed by atoms with Crippen LogP contribution in [0.5, 0.6) is 0 Å². The maximum Gasteiger partial charge on any atom is 0.365 e. The number of rotatable bonds is 10. The minimum absolute atomic E-state index is 0.0690. The van der Waals surface area contributed by atoms with E-state index in [-0.39, 0.29) is 13.2 Å². The number of ether oxygens (including phenoxy) is 2. The zero-order valence-corrected chi connectivity index (χ0v) is 12.7. The first-order valence-corrected chi connectivity index (χ1v) is 6.45. The largest absolute Gasteiger partial charge is 0.481 e. The van der Waals surface area contributed by atoms with Crippen LogP contribution in [0.4, 0.5) is 0 Å². The molecule has 0 aromatic heterocycles. The molecular weight excluding hydrogens is 318 g/mol. The van der Waals surface area contributed by atoms with Crippen LogP contribution in [0.25, 0.3) is 0 Å². The van der Waals surface area contributed by atoms with Crippen LogP contribution < -0.4 is 5.73 Å². The number of nitrogens with two attached hydrogens (primary N) is 1. The quantitative estimate of drug-likeness (QED) is 0.312. The summed E-state index contributed by atoms with van der Waals surface area (Å²) in [6.07, 6.45) is -1.25. The Kier molecular flexibility index (Phi) is 11.4. The van der Waals surface area contributed by atoms with Gasteiger partial charge in [0.05, 0.1) is 6.42 Å². The number of carbonyl (C=O) groups is 4. The first-order chi connectivity index (χ1) is 10.5. The third kappa shape index (κ3) is 10.2. The van der Waals surface area contributed by atoms with Gasteiger partial charge in [0, 0.05) is 13.2 Å². The molecule has 0 bridgehead atoms. The molecule has 0 saturated heterocycles. The molecule has 0 saturated carbocycles. The summed E-state index contributed by atoms with van der Waals surface area (Å²) in [5, 5.41) is 33.4. The minimum Gasteiger partial charge on any atom is -0.481 e. The van der Waals surface area contributed by atoms with Crippen molar-refractivity contribution < 1.29 is 49.1 Å². The highest BCUT2D eigenvalue weighted by atomic mass is 16.7. The van der Waals surface area contributed by atoms with E-state index in [0.29, 0.717) is 0 Å². The number of aliphatic carboxylic acids is 4. The van der Waals surface area contributed by atoms with E-state index in [1.54, 1.807) is 13.8 Å². The van der Waals surface area contributed by atoms with Crippen LogP contribution in [-0.2, 0) is 28.7 Å². The van der Waals surface area contributed by atoms with Crippen molar-refractivity contribution in [2.24, 2.45) is 5.73 Å². The van der Waals surface area contributed by atoms with E-state index >= 15 is 0 Å². The Morgan fingerprint density at radius 1 is 0.957 bits per heavy atom. The highest BCUT2D eigenvalue weighted by Gasteiger charge is 2.43. The zero-order valence-electron chi connectivity index (χ0n) is 12.7. The van der Waals surface area contributed by atoms with Gasteiger partial charge in [0.15, 0.2) is 0 Å². The number of carboxylic acid groups (broad SMARTS) is 4. The summed E-state index contributed by atoms with van der Waals surface area (Å²) in [5.41, 5.74) is 4.84. The second-order valence-electron chi connectivity index (χ2n) is 4.04. The summed E-state index contributed by atoms with van der Waals surface area (Å²) in [7, 11) is 0. The van der Waals surface area contributed by atoms with Gasteiger partial charge in [-0.05, 0) is 13.8 Å². The van der Waals surface area contributed by atoms with Crippen molar-refractivity contribution in [3.05, 3.63) is 0 Å². The number of hydrogen-bond acceptors (Lipinski definition) is 7. The fraction of sp³-hybridized carbons (Fsp3) is 0.667. The second kappa shape index (κ2) is 11.3. The molecule has 0 aliphatic rings. The average Bonchev–Trinajstić information content (AvgIpc) is 2.38. The van der Waals surface area contributed by atoms with Gasteiger partial charge in [0.2, 0.25) is 0 Å². The molecule has 1 unspecified atom stereocenters. The molecule has 0 aromatic carbocycles. The average molecular weight is 339 g/mol. The van der Waals surface area contributed by atoms with Crippen molar-refractivity contribution in [2.75, 3.05) is 13.2 Å². The van der Waals surface area contributed by atoms with E-state index in [9.17, 15) is 19.2 Å². The van der Waals surface area contributed by atoms with Gasteiger partial charge in [-0.2, -0.15) is 0 Å². The first-order valence-electron chi connectivity index (χ1n) is 6.45. The monoisotopic (exact) mass is 339 g/mol. The minimum atomic E-state index is -2.06.